The molecule has 0 aliphatic carbocycles. The van der Waals surface area contributed by atoms with Gasteiger partial charge in [-0.1, -0.05) is 66.1 Å². The van der Waals surface area contributed by atoms with Gasteiger partial charge in [-0.25, -0.2) is 10.5 Å². The first kappa shape index (κ1) is 19.8. The van der Waals surface area contributed by atoms with Crippen LogP contribution >= 0.6 is 0 Å². The molecular weight excluding hydrogens is 352 g/mol. The summed E-state index contributed by atoms with van der Waals surface area (Å²) in [5.74, 6) is 1.15. The number of hydrogen-bond acceptors (Lipinski definition) is 4. The van der Waals surface area contributed by atoms with E-state index in [1.807, 2.05) is 0 Å². The van der Waals surface area contributed by atoms with E-state index in [1.54, 1.807) is 5.48 Å². The molecule has 146 valence electrons. The molecular formula is C23H26N2O3. The molecule has 5 heteroatoms. The number of nitrogens with zero attached hydrogens (tertiary/aromatic N) is 1. The van der Waals surface area contributed by atoms with Crippen LogP contribution in [-0.2, 0) is 11.2 Å². The Balaban J connectivity index is 1.78. The summed E-state index contributed by atoms with van der Waals surface area (Å²) in [6.45, 7) is 4.13. The lowest BCUT2D eigenvalue weighted by molar-refractivity contribution is -0.129. The number of unbranched alkanes of at least 4 members (excludes halogenated alkanes) is 2. The zero-order valence-corrected chi connectivity index (χ0v) is 16.4. The Morgan fingerprint density at radius 3 is 2.14 bits per heavy atom. The molecule has 28 heavy (non-hydrogen) atoms. The van der Waals surface area contributed by atoms with E-state index in [2.05, 4.69) is 62.4 Å². The highest BCUT2D eigenvalue weighted by Gasteiger charge is 2.16. The number of aryl methyl sites for hydroxylation is 3. The number of amides is 1. The molecule has 2 N–H and O–H groups in total. The van der Waals surface area contributed by atoms with Gasteiger partial charge in [0.05, 0.1) is 0 Å². The number of nitrogens with one attached hydrogen (secondary N) is 1. The maximum absolute atomic E-state index is 11.1. The monoisotopic (exact) mass is 378 g/mol. The molecule has 0 saturated carbocycles. The Hall–Kier alpha value is -2.92. The molecule has 0 unspecified atom stereocenters. The summed E-state index contributed by atoms with van der Waals surface area (Å²) in [6.07, 6.45) is 3.51. The SMILES string of the molecule is Cc1ccc(-c2nc(CCCCCC(=O)NO)oc2-c2ccc(C)cc2)cc1. The van der Waals surface area contributed by atoms with Gasteiger partial charge >= 0.3 is 0 Å². The van der Waals surface area contributed by atoms with Crippen LogP contribution in [-0.4, -0.2) is 16.1 Å². The predicted octanol–water partition coefficient (Wildman–Crippen LogP) is 5.23. The Labute approximate surface area is 165 Å². The molecule has 2 aromatic carbocycles. The van der Waals surface area contributed by atoms with Crippen molar-refractivity contribution < 1.29 is 14.4 Å². The maximum atomic E-state index is 11.1. The van der Waals surface area contributed by atoms with Crippen molar-refractivity contribution in [3.63, 3.8) is 0 Å². The lowest BCUT2D eigenvalue weighted by atomic mass is 10.0. The van der Waals surface area contributed by atoms with Crippen LogP contribution < -0.4 is 5.48 Å². The molecule has 0 radical (unpaired) electrons. The second-order valence-corrected chi connectivity index (χ2v) is 7.11. The predicted molar refractivity (Wildman–Crippen MR) is 109 cm³/mol. The van der Waals surface area contributed by atoms with Gasteiger partial charge in [-0.2, -0.15) is 0 Å². The Bertz CT molecular complexity index is 849. The van der Waals surface area contributed by atoms with Gasteiger partial charge in [-0.05, 0) is 26.7 Å². The first-order valence-electron chi connectivity index (χ1n) is 9.63. The molecule has 0 spiro atoms. The van der Waals surface area contributed by atoms with E-state index in [1.165, 1.54) is 11.1 Å². The molecule has 1 aromatic heterocycles. The van der Waals surface area contributed by atoms with E-state index in [9.17, 15) is 4.79 Å². The summed E-state index contributed by atoms with van der Waals surface area (Å²) in [4.78, 5) is 15.8. The minimum Gasteiger partial charge on any atom is -0.440 e. The van der Waals surface area contributed by atoms with Gasteiger partial charge in [0.15, 0.2) is 11.7 Å². The zero-order valence-electron chi connectivity index (χ0n) is 16.4. The summed E-state index contributed by atoms with van der Waals surface area (Å²) < 4.78 is 6.14. The summed E-state index contributed by atoms with van der Waals surface area (Å²) in [5.41, 5.74) is 6.98. The molecule has 3 aromatic rings. The first-order chi connectivity index (χ1) is 13.6. The number of carbonyl (C=O) groups is 1. The third-order valence-corrected chi connectivity index (χ3v) is 4.73. The second-order valence-electron chi connectivity index (χ2n) is 7.11. The second kappa shape index (κ2) is 9.33. The average molecular weight is 378 g/mol. The van der Waals surface area contributed by atoms with E-state index < -0.39 is 0 Å². The van der Waals surface area contributed by atoms with E-state index in [0.717, 1.165) is 41.8 Å². The fraction of sp³-hybridized carbons (Fsp3) is 0.304. The standard InChI is InChI=1S/C23H26N2O3/c1-16-8-12-18(13-9-16)22-23(19-14-10-17(2)11-15-19)28-21(24-22)7-5-3-4-6-20(26)25-27/h8-15,27H,3-7H2,1-2H3,(H,25,26). The zero-order chi connectivity index (χ0) is 19.9. The number of aromatic nitrogens is 1. The molecule has 0 aliphatic heterocycles. The van der Waals surface area contributed by atoms with Crippen LogP contribution in [0.4, 0.5) is 0 Å². The Kier molecular flexibility index (Phi) is 6.61. The highest BCUT2D eigenvalue weighted by atomic mass is 16.5. The molecule has 1 heterocycles. The topological polar surface area (TPSA) is 75.4 Å². The molecule has 0 aliphatic rings. The van der Waals surface area contributed by atoms with Crippen molar-refractivity contribution in [1.29, 1.82) is 0 Å². The van der Waals surface area contributed by atoms with Crippen molar-refractivity contribution in [2.75, 3.05) is 0 Å². The quantitative estimate of drug-likeness (QED) is 0.319. The van der Waals surface area contributed by atoms with E-state index in [-0.39, 0.29) is 5.91 Å². The van der Waals surface area contributed by atoms with Crippen molar-refractivity contribution in [3.8, 4) is 22.6 Å². The number of benzene rings is 2. The van der Waals surface area contributed by atoms with Gasteiger partial charge in [0.1, 0.15) is 5.69 Å². The van der Waals surface area contributed by atoms with Gasteiger partial charge < -0.3 is 4.42 Å². The summed E-state index contributed by atoms with van der Waals surface area (Å²) in [6, 6.07) is 16.6. The van der Waals surface area contributed by atoms with Gasteiger partial charge in [0.2, 0.25) is 5.91 Å². The smallest absolute Gasteiger partial charge is 0.243 e. The number of hydroxylamine groups is 1. The van der Waals surface area contributed by atoms with Crippen molar-refractivity contribution in [3.05, 3.63) is 65.5 Å². The average Bonchev–Trinajstić information content (AvgIpc) is 3.12. The van der Waals surface area contributed by atoms with Gasteiger partial charge in [0.25, 0.3) is 0 Å². The number of oxazole rings is 1. The van der Waals surface area contributed by atoms with Crippen LogP contribution in [0, 0.1) is 13.8 Å². The Morgan fingerprint density at radius 2 is 1.54 bits per heavy atom. The summed E-state index contributed by atoms with van der Waals surface area (Å²) >= 11 is 0. The molecule has 5 nitrogen and oxygen atoms in total. The third-order valence-electron chi connectivity index (χ3n) is 4.73. The summed E-state index contributed by atoms with van der Waals surface area (Å²) in [5, 5.41) is 8.53. The molecule has 0 bridgehead atoms. The number of carbonyl (C=O) groups excluding carboxylic acids is 1. The van der Waals surface area contributed by atoms with E-state index >= 15 is 0 Å². The molecule has 0 fully saturated rings. The first-order valence-corrected chi connectivity index (χ1v) is 9.63. The lowest BCUT2D eigenvalue weighted by Crippen LogP contribution is -2.17. The fourth-order valence-electron chi connectivity index (χ4n) is 3.07. The largest absolute Gasteiger partial charge is 0.440 e. The van der Waals surface area contributed by atoms with Crippen LogP contribution in [0.5, 0.6) is 0 Å². The lowest BCUT2D eigenvalue weighted by Gasteiger charge is -2.03. The van der Waals surface area contributed by atoms with Gasteiger partial charge in [-0.15, -0.1) is 0 Å². The Morgan fingerprint density at radius 1 is 0.929 bits per heavy atom. The molecule has 3 rings (SSSR count). The minimum atomic E-state index is -0.348. The summed E-state index contributed by atoms with van der Waals surface area (Å²) in [7, 11) is 0. The van der Waals surface area contributed by atoms with Crippen molar-refractivity contribution in [2.45, 2.75) is 46.0 Å². The molecule has 0 saturated heterocycles. The van der Waals surface area contributed by atoms with Crippen molar-refractivity contribution in [2.24, 2.45) is 0 Å². The normalized spacial score (nSPS) is 10.8. The van der Waals surface area contributed by atoms with Crippen LogP contribution in [0.2, 0.25) is 0 Å². The van der Waals surface area contributed by atoms with Crippen molar-refractivity contribution >= 4 is 5.91 Å². The molecule has 0 atom stereocenters. The highest BCUT2D eigenvalue weighted by Crippen LogP contribution is 2.33. The van der Waals surface area contributed by atoms with Crippen molar-refractivity contribution in [1.82, 2.24) is 10.5 Å². The van der Waals surface area contributed by atoms with E-state index in [4.69, 9.17) is 14.6 Å². The van der Waals surface area contributed by atoms with Crippen LogP contribution in [0.3, 0.4) is 0 Å². The highest BCUT2D eigenvalue weighted by molar-refractivity contribution is 5.77. The van der Waals surface area contributed by atoms with Gasteiger partial charge in [0, 0.05) is 24.0 Å². The van der Waals surface area contributed by atoms with Gasteiger partial charge in [-0.3, -0.25) is 10.0 Å². The van der Waals surface area contributed by atoms with Crippen LogP contribution in [0.1, 0.15) is 42.7 Å². The molecule has 1 amide bonds. The number of hydrogen-bond donors (Lipinski definition) is 2. The van der Waals surface area contributed by atoms with Crippen LogP contribution in [0.15, 0.2) is 52.9 Å². The van der Waals surface area contributed by atoms with E-state index in [0.29, 0.717) is 18.7 Å². The van der Waals surface area contributed by atoms with Crippen LogP contribution in [0.25, 0.3) is 22.6 Å². The number of rotatable bonds is 8. The fourth-order valence-corrected chi connectivity index (χ4v) is 3.07. The minimum absolute atomic E-state index is 0.325. The maximum Gasteiger partial charge on any atom is 0.243 e. The third kappa shape index (κ3) is 5.08.